The van der Waals surface area contributed by atoms with Gasteiger partial charge >= 0.3 is 0 Å². The average molecular weight is 319 g/mol. The Morgan fingerprint density at radius 3 is 2.91 bits per heavy atom. The molecule has 6 heteroatoms. The van der Waals surface area contributed by atoms with Crippen molar-refractivity contribution in [1.82, 2.24) is 5.32 Å². The molecule has 3 N–H and O–H groups in total. The van der Waals surface area contributed by atoms with Gasteiger partial charge in [0, 0.05) is 38.9 Å². The lowest BCUT2D eigenvalue weighted by molar-refractivity contribution is -0.124. The zero-order chi connectivity index (χ0) is 16.7. The molecule has 0 saturated carbocycles. The Labute approximate surface area is 137 Å². The van der Waals surface area contributed by atoms with Crippen LogP contribution in [-0.2, 0) is 20.7 Å². The van der Waals surface area contributed by atoms with Crippen LogP contribution in [0.2, 0.25) is 0 Å². The van der Waals surface area contributed by atoms with E-state index in [0.29, 0.717) is 25.9 Å². The molecule has 0 fully saturated rings. The molecular formula is C17H25N3O3. The van der Waals surface area contributed by atoms with E-state index in [4.69, 9.17) is 10.5 Å². The fraction of sp³-hybridized carbons (Fsp3) is 0.529. The third kappa shape index (κ3) is 4.77. The normalized spacial score (nSPS) is 14.4. The van der Waals surface area contributed by atoms with Gasteiger partial charge in [0.15, 0.2) is 0 Å². The second-order valence-electron chi connectivity index (χ2n) is 5.68. The van der Waals surface area contributed by atoms with Gasteiger partial charge in [-0.05, 0) is 24.5 Å². The molecule has 126 valence electrons. The molecule has 1 atom stereocenters. The first-order chi connectivity index (χ1) is 11.2. The van der Waals surface area contributed by atoms with Crippen molar-refractivity contribution in [1.29, 1.82) is 0 Å². The summed E-state index contributed by atoms with van der Waals surface area (Å²) in [6.45, 7) is 1.55. The number of carbonyl (C=O) groups is 2. The number of hydrogen-bond acceptors (Lipinski definition) is 4. The Morgan fingerprint density at radius 1 is 1.39 bits per heavy atom. The fourth-order valence-electron chi connectivity index (χ4n) is 2.74. The van der Waals surface area contributed by atoms with Crippen molar-refractivity contribution in [2.24, 2.45) is 5.73 Å². The van der Waals surface area contributed by atoms with Crippen molar-refractivity contribution < 1.29 is 14.3 Å². The van der Waals surface area contributed by atoms with Gasteiger partial charge in [0.05, 0.1) is 12.5 Å². The number of fused-ring (bicyclic) bond motifs is 1. The molecule has 1 unspecified atom stereocenters. The maximum absolute atomic E-state index is 12.3. The molecule has 1 aromatic rings. The minimum atomic E-state index is -0.252. The Kier molecular flexibility index (Phi) is 6.55. The molecule has 1 aliphatic heterocycles. The summed E-state index contributed by atoms with van der Waals surface area (Å²) < 4.78 is 5.07. The van der Waals surface area contributed by atoms with E-state index in [1.165, 1.54) is 12.7 Å². The van der Waals surface area contributed by atoms with Crippen LogP contribution in [0.15, 0.2) is 24.3 Å². The van der Waals surface area contributed by atoms with Crippen LogP contribution >= 0.6 is 0 Å². The Hall–Kier alpha value is -1.92. The lowest BCUT2D eigenvalue weighted by Gasteiger charge is -2.17. The van der Waals surface area contributed by atoms with Gasteiger partial charge in [-0.2, -0.15) is 0 Å². The van der Waals surface area contributed by atoms with Crippen LogP contribution < -0.4 is 16.0 Å². The van der Waals surface area contributed by atoms with Gasteiger partial charge in [0.25, 0.3) is 0 Å². The summed E-state index contributed by atoms with van der Waals surface area (Å²) in [5, 5.41) is 2.80. The molecule has 0 spiro atoms. The average Bonchev–Trinajstić information content (AvgIpc) is 3.00. The van der Waals surface area contributed by atoms with Gasteiger partial charge in [0.2, 0.25) is 11.8 Å². The monoisotopic (exact) mass is 319 g/mol. The number of nitrogens with two attached hydrogens (primary N) is 1. The van der Waals surface area contributed by atoms with Crippen molar-refractivity contribution >= 4 is 17.5 Å². The van der Waals surface area contributed by atoms with E-state index in [9.17, 15) is 9.59 Å². The van der Waals surface area contributed by atoms with E-state index < -0.39 is 0 Å². The standard InChI is InChI=1S/C17H25N3O3/c1-23-14(12-18)11-16(21)19-9-4-7-17(22)20-10-8-13-5-2-3-6-15(13)20/h2-3,5-6,14H,4,7-12,18H2,1H3,(H,19,21). The Bertz CT molecular complexity index is 544. The zero-order valence-electron chi connectivity index (χ0n) is 13.6. The SMILES string of the molecule is COC(CN)CC(=O)NCCCC(=O)N1CCc2ccccc21. The maximum atomic E-state index is 12.3. The number of nitrogens with zero attached hydrogens (tertiary/aromatic N) is 1. The minimum Gasteiger partial charge on any atom is -0.380 e. The third-order valence-electron chi connectivity index (χ3n) is 4.09. The quantitative estimate of drug-likeness (QED) is 0.695. The summed E-state index contributed by atoms with van der Waals surface area (Å²) in [6, 6.07) is 8.00. The van der Waals surface area contributed by atoms with Crippen LogP contribution in [0.5, 0.6) is 0 Å². The number of nitrogens with one attached hydrogen (secondary N) is 1. The molecule has 0 saturated heterocycles. The van der Waals surface area contributed by atoms with Gasteiger partial charge in [-0.3, -0.25) is 9.59 Å². The van der Waals surface area contributed by atoms with Crippen molar-refractivity contribution in [3.8, 4) is 0 Å². The van der Waals surface area contributed by atoms with E-state index in [1.54, 1.807) is 0 Å². The highest BCUT2D eigenvalue weighted by molar-refractivity contribution is 5.95. The first-order valence-electron chi connectivity index (χ1n) is 8.03. The van der Waals surface area contributed by atoms with Crippen molar-refractivity contribution in [3.05, 3.63) is 29.8 Å². The molecule has 1 aliphatic rings. The molecule has 2 amide bonds. The number of rotatable bonds is 8. The van der Waals surface area contributed by atoms with E-state index >= 15 is 0 Å². The van der Waals surface area contributed by atoms with Crippen LogP contribution in [0.1, 0.15) is 24.8 Å². The number of para-hydroxylation sites is 1. The van der Waals surface area contributed by atoms with Crippen molar-refractivity contribution in [2.75, 3.05) is 31.6 Å². The van der Waals surface area contributed by atoms with E-state index in [-0.39, 0.29) is 24.3 Å². The van der Waals surface area contributed by atoms with E-state index in [0.717, 1.165) is 18.7 Å². The fourth-order valence-corrected chi connectivity index (χ4v) is 2.74. The molecule has 1 heterocycles. The van der Waals surface area contributed by atoms with Crippen LogP contribution in [0.4, 0.5) is 5.69 Å². The molecule has 2 rings (SSSR count). The van der Waals surface area contributed by atoms with Gasteiger partial charge in [-0.25, -0.2) is 0 Å². The number of anilines is 1. The number of carbonyl (C=O) groups excluding carboxylic acids is 2. The second kappa shape index (κ2) is 8.64. The molecule has 0 aromatic heterocycles. The third-order valence-corrected chi connectivity index (χ3v) is 4.09. The lowest BCUT2D eigenvalue weighted by atomic mass is 10.2. The first kappa shape index (κ1) is 17.4. The summed E-state index contributed by atoms with van der Waals surface area (Å²) in [7, 11) is 1.54. The smallest absolute Gasteiger partial charge is 0.227 e. The van der Waals surface area contributed by atoms with Crippen LogP contribution in [0.25, 0.3) is 0 Å². The van der Waals surface area contributed by atoms with Gasteiger partial charge in [0.1, 0.15) is 0 Å². The van der Waals surface area contributed by atoms with E-state index in [1.807, 2.05) is 23.1 Å². The molecule has 0 radical (unpaired) electrons. The summed E-state index contributed by atoms with van der Waals surface area (Å²) in [5.74, 6) is 0.0159. The second-order valence-corrected chi connectivity index (χ2v) is 5.68. The Balaban J connectivity index is 1.69. The molecule has 0 aliphatic carbocycles. The predicted octanol–water partition coefficient (Wildman–Crippen LogP) is 0.836. The highest BCUT2D eigenvalue weighted by Crippen LogP contribution is 2.27. The van der Waals surface area contributed by atoms with E-state index in [2.05, 4.69) is 11.4 Å². The van der Waals surface area contributed by atoms with Crippen LogP contribution in [0.3, 0.4) is 0 Å². The van der Waals surface area contributed by atoms with Crippen LogP contribution in [-0.4, -0.2) is 44.7 Å². The minimum absolute atomic E-state index is 0.0960. The van der Waals surface area contributed by atoms with Crippen LogP contribution in [0, 0.1) is 0 Å². The molecule has 0 bridgehead atoms. The number of hydrogen-bond donors (Lipinski definition) is 2. The van der Waals surface area contributed by atoms with Gasteiger partial charge in [-0.15, -0.1) is 0 Å². The summed E-state index contributed by atoms with van der Waals surface area (Å²) >= 11 is 0. The van der Waals surface area contributed by atoms with Gasteiger partial charge < -0.3 is 20.7 Å². The molecule has 1 aromatic carbocycles. The lowest BCUT2D eigenvalue weighted by Crippen LogP contribution is -2.33. The molecule has 6 nitrogen and oxygen atoms in total. The molecular weight excluding hydrogens is 294 g/mol. The number of benzene rings is 1. The topological polar surface area (TPSA) is 84.7 Å². The zero-order valence-corrected chi connectivity index (χ0v) is 13.6. The van der Waals surface area contributed by atoms with Crippen molar-refractivity contribution in [2.45, 2.75) is 31.8 Å². The molecule has 23 heavy (non-hydrogen) atoms. The predicted molar refractivity (Wildman–Crippen MR) is 89.2 cm³/mol. The van der Waals surface area contributed by atoms with Crippen molar-refractivity contribution in [3.63, 3.8) is 0 Å². The Morgan fingerprint density at radius 2 is 2.17 bits per heavy atom. The summed E-state index contributed by atoms with van der Waals surface area (Å²) in [6.07, 6.45) is 1.97. The number of amides is 2. The highest BCUT2D eigenvalue weighted by Gasteiger charge is 2.23. The first-order valence-corrected chi connectivity index (χ1v) is 8.03. The maximum Gasteiger partial charge on any atom is 0.227 e. The summed E-state index contributed by atoms with van der Waals surface area (Å²) in [4.78, 5) is 25.8. The largest absolute Gasteiger partial charge is 0.380 e. The number of methoxy groups -OCH3 is 1. The number of ether oxygens (including phenoxy) is 1. The summed E-state index contributed by atoms with van der Waals surface area (Å²) in [5.41, 5.74) is 7.72. The van der Waals surface area contributed by atoms with Gasteiger partial charge in [-0.1, -0.05) is 18.2 Å². The highest BCUT2D eigenvalue weighted by atomic mass is 16.5.